The van der Waals surface area contributed by atoms with E-state index in [-0.39, 0.29) is 24.8 Å². The molecule has 1 aliphatic rings. The second-order valence-corrected chi connectivity index (χ2v) is 5.98. The number of imide groups is 1. The van der Waals surface area contributed by atoms with Gasteiger partial charge in [-0.2, -0.15) is 0 Å². The summed E-state index contributed by atoms with van der Waals surface area (Å²) in [5.41, 5.74) is 1.99. The third kappa shape index (κ3) is 3.88. The van der Waals surface area contributed by atoms with Crippen LogP contribution in [-0.4, -0.2) is 47.9 Å². The standard InChI is InChI=1S/C20H19N3O4/c1-22(16-5-3-2-4-6-16)19(26)14-7-9-15(10-8-14)21-17-13-18(25)23(11-12-24)20(17)27/h2-10,13,21,24H,11-12H2,1H3. The molecule has 2 N–H and O–H groups in total. The molecular weight excluding hydrogens is 346 g/mol. The number of para-hydroxylation sites is 1. The molecule has 0 saturated heterocycles. The summed E-state index contributed by atoms with van der Waals surface area (Å²) in [6.45, 7) is -0.330. The van der Waals surface area contributed by atoms with E-state index in [1.54, 1.807) is 36.2 Å². The number of aliphatic hydroxyl groups is 1. The molecule has 3 rings (SSSR count). The van der Waals surface area contributed by atoms with E-state index in [1.165, 1.54) is 6.08 Å². The Morgan fingerprint density at radius 1 is 1.07 bits per heavy atom. The molecule has 7 heteroatoms. The molecule has 1 heterocycles. The summed E-state index contributed by atoms with van der Waals surface area (Å²) in [7, 11) is 1.70. The van der Waals surface area contributed by atoms with Gasteiger partial charge in [-0.1, -0.05) is 18.2 Å². The molecule has 2 aromatic rings. The summed E-state index contributed by atoms with van der Waals surface area (Å²) in [6, 6.07) is 15.9. The number of benzene rings is 2. The van der Waals surface area contributed by atoms with Gasteiger partial charge in [-0.15, -0.1) is 0 Å². The van der Waals surface area contributed by atoms with Crippen LogP contribution in [0.2, 0.25) is 0 Å². The molecule has 0 bridgehead atoms. The number of carbonyl (C=O) groups excluding carboxylic acids is 3. The average Bonchev–Trinajstić information content (AvgIpc) is 2.96. The van der Waals surface area contributed by atoms with Gasteiger partial charge in [0, 0.05) is 30.1 Å². The highest BCUT2D eigenvalue weighted by Crippen LogP contribution is 2.19. The van der Waals surface area contributed by atoms with Gasteiger partial charge in [0.05, 0.1) is 13.2 Å². The topological polar surface area (TPSA) is 90.0 Å². The summed E-state index contributed by atoms with van der Waals surface area (Å²) in [5, 5.41) is 11.8. The Morgan fingerprint density at radius 3 is 2.37 bits per heavy atom. The predicted molar refractivity (Wildman–Crippen MR) is 101 cm³/mol. The zero-order valence-electron chi connectivity index (χ0n) is 14.8. The number of nitrogens with one attached hydrogen (secondary N) is 1. The number of carbonyl (C=O) groups is 3. The molecule has 0 aliphatic carbocycles. The van der Waals surface area contributed by atoms with Crippen molar-refractivity contribution in [3.8, 4) is 0 Å². The zero-order valence-corrected chi connectivity index (χ0v) is 14.8. The van der Waals surface area contributed by atoms with Gasteiger partial charge in [0.2, 0.25) is 0 Å². The van der Waals surface area contributed by atoms with Gasteiger partial charge in [0.1, 0.15) is 5.70 Å². The first-order chi connectivity index (χ1) is 13.0. The lowest BCUT2D eigenvalue weighted by molar-refractivity contribution is -0.137. The van der Waals surface area contributed by atoms with E-state index in [4.69, 9.17) is 5.11 Å². The van der Waals surface area contributed by atoms with E-state index in [9.17, 15) is 14.4 Å². The molecule has 0 atom stereocenters. The largest absolute Gasteiger partial charge is 0.395 e. The molecule has 0 aromatic heterocycles. The van der Waals surface area contributed by atoms with Crippen molar-refractivity contribution in [2.75, 3.05) is 30.4 Å². The number of anilines is 2. The van der Waals surface area contributed by atoms with Crippen molar-refractivity contribution < 1.29 is 19.5 Å². The van der Waals surface area contributed by atoms with Gasteiger partial charge in [-0.25, -0.2) is 0 Å². The van der Waals surface area contributed by atoms with Gasteiger partial charge in [0.25, 0.3) is 17.7 Å². The van der Waals surface area contributed by atoms with E-state index in [1.807, 2.05) is 30.3 Å². The van der Waals surface area contributed by atoms with Crippen LogP contribution < -0.4 is 10.2 Å². The second-order valence-electron chi connectivity index (χ2n) is 5.98. The van der Waals surface area contributed by atoms with E-state index in [0.717, 1.165) is 10.6 Å². The fraction of sp³-hybridized carbons (Fsp3) is 0.150. The van der Waals surface area contributed by atoms with Crippen LogP contribution in [-0.2, 0) is 9.59 Å². The minimum atomic E-state index is -0.488. The fourth-order valence-corrected chi connectivity index (χ4v) is 2.72. The molecule has 138 valence electrons. The van der Waals surface area contributed by atoms with Crippen molar-refractivity contribution in [3.05, 3.63) is 71.9 Å². The Hall–Kier alpha value is -3.45. The number of nitrogens with zero attached hydrogens (tertiary/aromatic N) is 2. The van der Waals surface area contributed by atoms with Gasteiger partial charge < -0.3 is 15.3 Å². The lowest BCUT2D eigenvalue weighted by Crippen LogP contribution is -2.34. The maximum atomic E-state index is 12.6. The van der Waals surface area contributed by atoms with Crippen LogP contribution in [0.5, 0.6) is 0 Å². The summed E-state index contributed by atoms with van der Waals surface area (Å²) < 4.78 is 0. The number of rotatable bonds is 6. The smallest absolute Gasteiger partial charge is 0.277 e. The lowest BCUT2D eigenvalue weighted by atomic mass is 10.1. The average molecular weight is 365 g/mol. The highest BCUT2D eigenvalue weighted by Gasteiger charge is 2.30. The summed E-state index contributed by atoms with van der Waals surface area (Å²) in [6.07, 6.45) is 1.19. The highest BCUT2D eigenvalue weighted by molar-refractivity contribution is 6.17. The Kier molecular flexibility index (Phi) is 5.33. The van der Waals surface area contributed by atoms with Crippen LogP contribution >= 0.6 is 0 Å². The molecular formula is C20H19N3O4. The molecule has 1 aliphatic heterocycles. The number of aliphatic hydroxyl groups excluding tert-OH is 1. The zero-order chi connectivity index (χ0) is 19.4. The summed E-state index contributed by atoms with van der Waals surface area (Å²) >= 11 is 0. The fourth-order valence-electron chi connectivity index (χ4n) is 2.72. The Balaban J connectivity index is 1.69. The SMILES string of the molecule is CN(C(=O)c1ccc(NC2=CC(=O)N(CCO)C2=O)cc1)c1ccccc1. The molecule has 0 radical (unpaired) electrons. The van der Waals surface area contributed by atoms with Crippen LogP contribution in [0.1, 0.15) is 10.4 Å². The maximum absolute atomic E-state index is 12.6. The minimum absolute atomic E-state index is 0.0430. The molecule has 27 heavy (non-hydrogen) atoms. The van der Waals surface area contributed by atoms with E-state index < -0.39 is 11.8 Å². The third-order valence-electron chi connectivity index (χ3n) is 4.19. The normalized spacial score (nSPS) is 13.6. The van der Waals surface area contributed by atoms with E-state index in [2.05, 4.69) is 5.32 Å². The van der Waals surface area contributed by atoms with Crippen molar-refractivity contribution in [3.63, 3.8) is 0 Å². The summed E-state index contributed by atoms with van der Waals surface area (Å²) in [4.78, 5) is 39.0. The summed E-state index contributed by atoms with van der Waals surface area (Å²) in [5.74, 6) is -1.11. The second kappa shape index (κ2) is 7.84. The number of β-amino-alcohol motifs (C(OH)–C–C–N with tert-alkyl or cyclic N) is 1. The maximum Gasteiger partial charge on any atom is 0.277 e. The van der Waals surface area contributed by atoms with E-state index >= 15 is 0 Å². The van der Waals surface area contributed by atoms with Crippen LogP contribution in [0, 0.1) is 0 Å². The quantitative estimate of drug-likeness (QED) is 0.760. The minimum Gasteiger partial charge on any atom is -0.395 e. The van der Waals surface area contributed by atoms with Crippen molar-refractivity contribution in [2.45, 2.75) is 0 Å². The molecule has 0 spiro atoms. The van der Waals surface area contributed by atoms with Gasteiger partial charge >= 0.3 is 0 Å². The molecule has 0 saturated carbocycles. The highest BCUT2D eigenvalue weighted by atomic mass is 16.3. The number of amides is 3. The molecule has 2 aromatic carbocycles. The van der Waals surface area contributed by atoms with Crippen molar-refractivity contribution in [1.82, 2.24) is 4.90 Å². The Bertz CT molecular complexity index is 891. The first-order valence-electron chi connectivity index (χ1n) is 8.40. The first kappa shape index (κ1) is 18.3. The Labute approximate surface area is 156 Å². The van der Waals surface area contributed by atoms with Crippen molar-refractivity contribution in [1.29, 1.82) is 0 Å². The predicted octanol–water partition coefficient (Wildman–Crippen LogP) is 1.62. The van der Waals surface area contributed by atoms with Crippen LogP contribution in [0.3, 0.4) is 0 Å². The number of hydrogen-bond acceptors (Lipinski definition) is 5. The molecule has 0 unspecified atom stereocenters. The van der Waals surface area contributed by atoms with Crippen LogP contribution in [0.4, 0.5) is 11.4 Å². The van der Waals surface area contributed by atoms with Crippen molar-refractivity contribution in [2.24, 2.45) is 0 Å². The van der Waals surface area contributed by atoms with Crippen molar-refractivity contribution >= 4 is 29.1 Å². The molecule has 3 amide bonds. The monoisotopic (exact) mass is 365 g/mol. The molecule has 7 nitrogen and oxygen atoms in total. The lowest BCUT2D eigenvalue weighted by Gasteiger charge is -2.17. The first-order valence-corrected chi connectivity index (χ1v) is 8.40. The Morgan fingerprint density at radius 2 is 1.74 bits per heavy atom. The van der Waals surface area contributed by atoms with Gasteiger partial charge in [-0.05, 0) is 36.4 Å². The van der Waals surface area contributed by atoms with Gasteiger partial charge in [-0.3, -0.25) is 19.3 Å². The van der Waals surface area contributed by atoms with Gasteiger partial charge in [0.15, 0.2) is 0 Å². The van der Waals surface area contributed by atoms with Crippen LogP contribution in [0.15, 0.2) is 66.4 Å². The number of hydrogen-bond donors (Lipinski definition) is 2. The third-order valence-corrected chi connectivity index (χ3v) is 4.19. The van der Waals surface area contributed by atoms with E-state index in [0.29, 0.717) is 11.3 Å². The van der Waals surface area contributed by atoms with Crippen LogP contribution in [0.25, 0.3) is 0 Å². The molecule has 0 fully saturated rings.